The summed E-state index contributed by atoms with van der Waals surface area (Å²) in [6.07, 6.45) is 0.187. The monoisotopic (exact) mass is 660 g/mol. The molecule has 2 aromatic rings. The third kappa shape index (κ3) is 8.12. The highest BCUT2D eigenvalue weighted by Gasteiger charge is 2.39. The number of nitro benzene ring substituents is 1. The Balaban J connectivity index is 1.70. The third-order valence-electron chi connectivity index (χ3n) is 7.91. The highest BCUT2D eigenvalue weighted by Crippen LogP contribution is 2.38. The second-order valence-electron chi connectivity index (χ2n) is 12.5. The fraction of sp³-hybridized carbons (Fsp3) is 0.516. The molecule has 2 heterocycles. The highest BCUT2D eigenvalue weighted by atomic mass is 32.2. The topological polar surface area (TPSA) is 177 Å². The first-order valence-electron chi connectivity index (χ1n) is 15.0. The Labute approximate surface area is 268 Å². The minimum absolute atomic E-state index is 0.0105. The van der Waals surface area contributed by atoms with Gasteiger partial charge in [-0.2, -0.15) is 4.31 Å². The van der Waals surface area contributed by atoms with Gasteiger partial charge in [-0.05, 0) is 69.9 Å². The van der Waals surface area contributed by atoms with Gasteiger partial charge in [0.05, 0.1) is 23.0 Å². The average molecular weight is 661 g/mol. The van der Waals surface area contributed by atoms with Gasteiger partial charge >= 0.3 is 12.1 Å². The Morgan fingerprint density at radius 1 is 1.04 bits per heavy atom. The second kappa shape index (κ2) is 14.0. The van der Waals surface area contributed by atoms with Gasteiger partial charge < -0.3 is 24.4 Å². The number of carboxylic acid groups (broad SMARTS) is 1. The van der Waals surface area contributed by atoms with Gasteiger partial charge in [-0.3, -0.25) is 14.9 Å². The minimum Gasteiger partial charge on any atom is -0.493 e. The summed E-state index contributed by atoms with van der Waals surface area (Å²) in [6.45, 7) is 5.68. The van der Waals surface area contributed by atoms with Crippen molar-refractivity contribution in [2.24, 2.45) is 5.92 Å². The van der Waals surface area contributed by atoms with Crippen molar-refractivity contribution in [3.05, 3.63) is 63.7 Å². The highest BCUT2D eigenvalue weighted by molar-refractivity contribution is 7.89. The van der Waals surface area contributed by atoms with Crippen LogP contribution in [-0.4, -0.2) is 103 Å². The summed E-state index contributed by atoms with van der Waals surface area (Å²) in [4.78, 5) is 52.3. The molecule has 0 saturated carbocycles. The summed E-state index contributed by atoms with van der Waals surface area (Å²) in [5.74, 6) is -2.18. The number of fused-ring (bicyclic) bond motifs is 4. The summed E-state index contributed by atoms with van der Waals surface area (Å²) >= 11 is 0. The maximum atomic E-state index is 13.8. The molecule has 0 spiro atoms. The van der Waals surface area contributed by atoms with Crippen LogP contribution >= 0.6 is 0 Å². The van der Waals surface area contributed by atoms with Gasteiger partial charge in [0.25, 0.3) is 5.69 Å². The summed E-state index contributed by atoms with van der Waals surface area (Å²) < 4.78 is 40.3. The largest absolute Gasteiger partial charge is 0.493 e. The van der Waals surface area contributed by atoms with E-state index < -0.39 is 55.0 Å². The zero-order valence-corrected chi connectivity index (χ0v) is 27.2. The van der Waals surface area contributed by atoms with Crippen molar-refractivity contribution in [3.63, 3.8) is 0 Å². The Morgan fingerprint density at radius 3 is 2.39 bits per heavy atom. The lowest BCUT2D eigenvalue weighted by molar-refractivity contribution is -0.387. The minimum atomic E-state index is -4.29. The van der Waals surface area contributed by atoms with Gasteiger partial charge in [0.15, 0.2) is 4.90 Å². The van der Waals surface area contributed by atoms with E-state index in [2.05, 4.69) is 0 Å². The van der Waals surface area contributed by atoms with E-state index in [0.717, 1.165) is 10.4 Å². The number of nitrogens with zero attached hydrogens (tertiary/aromatic N) is 4. The first-order chi connectivity index (χ1) is 21.6. The first-order valence-corrected chi connectivity index (χ1v) is 16.5. The predicted octanol–water partition coefficient (Wildman–Crippen LogP) is 3.96. The quantitative estimate of drug-likeness (QED) is 0.373. The Morgan fingerprint density at radius 2 is 1.72 bits per heavy atom. The third-order valence-corrected chi connectivity index (χ3v) is 9.86. The molecule has 0 unspecified atom stereocenters. The van der Waals surface area contributed by atoms with Crippen LogP contribution in [0, 0.1) is 16.0 Å². The van der Waals surface area contributed by atoms with Gasteiger partial charge in [0.1, 0.15) is 11.4 Å². The number of rotatable bonds is 4. The van der Waals surface area contributed by atoms with Crippen molar-refractivity contribution in [2.75, 3.05) is 46.4 Å². The Hall–Kier alpha value is -4.24. The lowest BCUT2D eigenvalue weighted by Gasteiger charge is -2.39. The van der Waals surface area contributed by atoms with Gasteiger partial charge in [-0.25, -0.2) is 18.0 Å². The maximum Gasteiger partial charge on any atom is 0.410 e. The van der Waals surface area contributed by atoms with Crippen LogP contribution in [0.1, 0.15) is 61.9 Å². The van der Waals surface area contributed by atoms with E-state index in [4.69, 9.17) is 9.47 Å². The lowest BCUT2D eigenvalue weighted by Crippen LogP contribution is -2.49. The molecular weight excluding hydrogens is 620 g/mol. The standard InChI is InChI=1S/C31H40N4O10S/c1-31(2,3)45-30(39)33-19-22-17-23(20-33)28(36)32(4)13-7-14-34(46(42,43)27-10-6-5-9-25(27)35(40)41)15-8-16-44-26-12-11-21(29(37)38)18-24(22)26/h5-6,9-12,18,22-23H,7-8,13-17,19-20H2,1-4H3,(H,37,38)/t22-,23+/m0/s1. The van der Waals surface area contributed by atoms with E-state index >= 15 is 0 Å². The number of ether oxygens (including phenoxy) is 2. The van der Waals surface area contributed by atoms with Gasteiger partial charge in [0.2, 0.25) is 15.9 Å². The number of sulfonamides is 1. The number of amides is 2. The number of hydrogen-bond donors (Lipinski definition) is 1. The van der Waals surface area contributed by atoms with E-state index in [-0.39, 0.29) is 63.6 Å². The van der Waals surface area contributed by atoms with Crippen molar-refractivity contribution in [2.45, 2.75) is 56.4 Å². The van der Waals surface area contributed by atoms with Crippen molar-refractivity contribution in [1.29, 1.82) is 0 Å². The van der Waals surface area contributed by atoms with Crippen molar-refractivity contribution < 1.29 is 42.3 Å². The molecule has 0 aromatic heterocycles. The number of carbonyl (C=O) groups is 3. The zero-order valence-electron chi connectivity index (χ0n) is 26.4. The number of piperidine rings is 1. The van der Waals surface area contributed by atoms with Crippen LogP contribution in [0.3, 0.4) is 0 Å². The Bertz CT molecular complexity index is 1590. The second-order valence-corrected chi connectivity index (χ2v) is 14.4. The molecule has 1 fully saturated rings. The van der Waals surface area contributed by atoms with E-state index in [1.807, 2.05) is 0 Å². The van der Waals surface area contributed by atoms with Crippen LogP contribution < -0.4 is 4.74 Å². The SMILES string of the molecule is CN1CCCN(S(=O)(=O)c2ccccc2[N+](=O)[O-])CCCOc2ccc(C(=O)O)cc2[C@H]2C[C@H](CN(C(=O)OC(C)(C)C)C2)C1=O. The molecule has 2 aromatic carbocycles. The number of nitro groups is 1. The molecule has 46 heavy (non-hydrogen) atoms. The van der Waals surface area contributed by atoms with Crippen LogP contribution in [0.5, 0.6) is 5.75 Å². The number of carboxylic acids is 1. The normalized spacial score (nSPS) is 20.5. The number of benzene rings is 2. The van der Waals surface area contributed by atoms with Gasteiger partial charge in [-0.15, -0.1) is 0 Å². The van der Waals surface area contributed by atoms with Crippen LogP contribution in [0.2, 0.25) is 0 Å². The number of para-hydroxylation sites is 1. The van der Waals surface area contributed by atoms with E-state index in [1.165, 1.54) is 46.2 Å². The van der Waals surface area contributed by atoms with Gasteiger partial charge in [0, 0.05) is 51.8 Å². The first kappa shape index (κ1) is 34.6. The molecule has 250 valence electrons. The average Bonchev–Trinajstić information content (AvgIpc) is 3.00. The molecule has 2 bridgehead atoms. The molecule has 1 saturated heterocycles. The Kier molecular flexibility index (Phi) is 10.6. The molecule has 2 atom stereocenters. The van der Waals surface area contributed by atoms with Crippen molar-refractivity contribution in [3.8, 4) is 5.75 Å². The maximum absolute atomic E-state index is 13.8. The number of aromatic carboxylic acids is 1. The van der Waals surface area contributed by atoms with E-state index in [0.29, 0.717) is 17.7 Å². The van der Waals surface area contributed by atoms with Crippen molar-refractivity contribution in [1.82, 2.24) is 14.1 Å². The number of likely N-dealkylation sites (tertiary alicyclic amines) is 1. The van der Waals surface area contributed by atoms with E-state index in [9.17, 15) is 38.0 Å². The molecule has 0 aliphatic carbocycles. The summed E-state index contributed by atoms with van der Waals surface area (Å²) in [5.41, 5.74) is -0.796. The number of carbonyl (C=O) groups excluding carboxylic acids is 2. The van der Waals surface area contributed by atoms with Crippen LogP contribution in [0.15, 0.2) is 47.4 Å². The molecule has 0 radical (unpaired) electrons. The fourth-order valence-corrected chi connectivity index (χ4v) is 7.43. The predicted molar refractivity (Wildman–Crippen MR) is 166 cm³/mol. The van der Waals surface area contributed by atoms with Gasteiger partial charge in [-0.1, -0.05) is 12.1 Å². The summed E-state index contributed by atoms with van der Waals surface area (Å²) in [5, 5.41) is 21.4. The molecule has 1 N–H and O–H groups in total. The molecular formula is C31H40N4O10S. The molecule has 2 aliphatic heterocycles. The van der Waals surface area contributed by atoms with Crippen LogP contribution in [0.25, 0.3) is 0 Å². The van der Waals surface area contributed by atoms with Crippen LogP contribution in [0.4, 0.5) is 10.5 Å². The molecule has 2 aliphatic rings. The van der Waals surface area contributed by atoms with Crippen LogP contribution in [-0.2, 0) is 19.6 Å². The summed E-state index contributed by atoms with van der Waals surface area (Å²) in [6, 6.07) is 9.54. The fourth-order valence-electron chi connectivity index (χ4n) is 5.76. The molecule has 2 amide bonds. The lowest BCUT2D eigenvalue weighted by atomic mass is 9.83. The number of hydrogen-bond acceptors (Lipinski definition) is 9. The molecule has 4 rings (SSSR count). The zero-order chi connectivity index (χ0) is 33.8. The summed E-state index contributed by atoms with van der Waals surface area (Å²) in [7, 11) is -2.69. The van der Waals surface area contributed by atoms with E-state index in [1.54, 1.807) is 27.8 Å². The molecule has 15 heteroatoms. The molecule has 14 nitrogen and oxygen atoms in total. The van der Waals surface area contributed by atoms with Crippen molar-refractivity contribution >= 4 is 33.7 Å². The smallest absolute Gasteiger partial charge is 0.410 e.